The third-order valence-corrected chi connectivity index (χ3v) is 2.75. The van der Waals surface area contributed by atoms with E-state index in [9.17, 15) is 19.2 Å². The molecule has 7 heteroatoms. The number of esters is 2. The normalized spacial score (nSPS) is 9.46. The number of aliphatic carboxylic acids is 1. The van der Waals surface area contributed by atoms with E-state index >= 15 is 0 Å². The molecule has 0 heterocycles. The number of hydrogen-bond donors (Lipinski definition) is 1. The second kappa shape index (κ2) is 17.4. The molecule has 0 bridgehead atoms. The zero-order valence-electron chi connectivity index (χ0n) is 15.0. The summed E-state index contributed by atoms with van der Waals surface area (Å²) < 4.78 is 9.57. The molecule has 0 aromatic heterocycles. The van der Waals surface area contributed by atoms with Crippen LogP contribution < -0.4 is 0 Å². The molecule has 0 aliphatic heterocycles. The Balaban J connectivity index is 0. The molecule has 24 heavy (non-hydrogen) atoms. The minimum absolute atomic E-state index is 0.0287. The van der Waals surface area contributed by atoms with Crippen LogP contribution in [-0.4, -0.2) is 42.0 Å². The Bertz CT molecular complexity index is 341. The van der Waals surface area contributed by atoms with E-state index in [1.165, 1.54) is 6.92 Å². The maximum absolute atomic E-state index is 10.8. The van der Waals surface area contributed by atoms with Crippen molar-refractivity contribution in [3.63, 3.8) is 0 Å². The molecule has 0 fully saturated rings. The van der Waals surface area contributed by atoms with Crippen LogP contribution in [0.1, 0.15) is 72.1 Å². The fraction of sp³-hybridized carbons (Fsp3) is 0.765. The van der Waals surface area contributed by atoms with E-state index in [1.807, 2.05) is 13.8 Å². The lowest BCUT2D eigenvalue weighted by Gasteiger charge is -2.01. The van der Waals surface area contributed by atoms with Crippen molar-refractivity contribution in [3.8, 4) is 0 Å². The van der Waals surface area contributed by atoms with Gasteiger partial charge >= 0.3 is 17.9 Å². The molecule has 0 spiro atoms. The molecule has 7 nitrogen and oxygen atoms in total. The summed E-state index contributed by atoms with van der Waals surface area (Å²) in [5, 5.41) is 8.23. The van der Waals surface area contributed by atoms with Crippen molar-refractivity contribution in [2.75, 3.05) is 13.2 Å². The largest absolute Gasteiger partial charge is 0.481 e. The van der Waals surface area contributed by atoms with E-state index in [1.54, 1.807) is 0 Å². The fourth-order valence-electron chi connectivity index (χ4n) is 1.29. The second-order valence-corrected chi connectivity index (χ2v) is 5.24. The van der Waals surface area contributed by atoms with Gasteiger partial charge in [0, 0.05) is 6.42 Å². The molecule has 0 unspecified atom stereocenters. The summed E-state index contributed by atoms with van der Waals surface area (Å²) >= 11 is 0. The van der Waals surface area contributed by atoms with Gasteiger partial charge in [-0.2, -0.15) is 0 Å². The minimum Gasteiger partial charge on any atom is -0.481 e. The number of Topliss-reactive ketones (excluding diaryl/α,β-unsaturated/α-hetero) is 1. The number of hydrogen-bond acceptors (Lipinski definition) is 6. The summed E-state index contributed by atoms with van der Waals surface area (Å²) in [6.45, 7) is 6.37. The molecule has 0 aliphatic rings. The minimum atomic E-state index is -0.970. The van der Waals surface area contributed by atoms with Crippen molar-refractivity contribution in [2.45, 2.75) is 72.1 Å². The molecule has 0 aliphatic carbocycles. The van der Waals surface area contributed by atoms with E-state index in [-0.39, 0.29) is 31.0 Å². The lowest BCUT2D eigenvalue weighted by Crippen LogP contribution is -2.08. The van der Waals surface area contributed by atoms with Gasteiger partial charge in [-0.1, -0.05) is 26.7 Å². The molecular weight excluding hydrogens is 316 g/mol. The van der Waals surface area contributed by atoms with Crippen LogP contribution in [0.4, 0.5) is 0 Å². The molecule has 140 valence electrons. The van der Waals surface area contributed by atoms with Gasteiger partial charge in [0.05, 0.1) is 32.5 Å². The smallest absolute Gasteiger partial charge is 0.306 e. The summed E-state index contributed by atoms with van der Waals surface area (Å²) in [5.74, 6) is -1.63. The monoisotopic (exact) mass is 346 g/mol. The van der Waals surface area contributed by atoms with E-state index in [0.717, 1.165) is 25.7 Å². The number of unbranched alkanes of at least 4 members (excludes halogenated alkanes) is 2. The van der Waals surface area contributed by atoms with Crippen LogP contribution in [0.3, 0.4) is 0 Å². The van der Waals surface area contributed by atoms with Gasteiger partial charge in [-0.3, -0.25) is 14.4 Å². The van der Waals surface area contributed by atoms with Crippen molar-refractivity contribution in [2.24, 2.45) is 0 Å². The Morgan fingerprint density at radius 3 is 1.50 bits per heavy atom. The Kier molecular flexibility index (Phi) is 17.7. The van der Waals surface area contributed by atoms with Gasteiger partial charge in [-0.05, 0) is 19.8 Å². The summed E-state index contributed by atoms with van der Waals surface area (Å²) in [6, 6.07) is 0. The van der Waals surface area contributed by atoms with Gasteiger partial charge in [0.1, 0.15) is 5.78 Å². The molecule has 0 aromatic carbocycles. The van der Waals surface area contributed by atoms with Crippen LogP contribution in [0.2, 0.25) is 0 Å². The predicted octanol–water partition coefficient (Wildman–Crippen LogP) is 2.89. The highest BCUT2D eigenvalue weighted by Gasteiger charge is 2.05. The molecule has 0 atom stereocenters. The zero-order chi connectivity index (χ0) is 18.8. The number of carboxylic acid groups (broad SMARTS) is 1. The van der Waals surface area contributed by atoms with Crippen molar-refractivity contribution >= 4 is 23.7 Å². The van der Waals surface area contributed by atoms with Crippen LogP contribution in [0, 0.1) is 0 Å². The summed E-state index contributed by atoms with van der Waals surface area (Å²) in [7, 11) is 0. The summed E-state index contributed by atoms with van der Waals surface area (Å²) in [5.41, 5.74) is 0. The first-order chi connectivity index (χ1) is 11.3. The third-order valence-electron chi connectivity index (χ3n) is 2.75. The number of ketones is 1. The lowest BCUT2D eigenvalue weighted by atomic mass is 10.2. The highest BCUT2D eigenvalue weighted by molar-refractivity contribution is 5.80. The first kappa shape index (κ1) is 24.3. The predicted molar refractivity (Wildman–Crippen MR) is 88.5 cm³/mol. The average molecular weight is 346 g/mol. The Morgan fingerprint density at radius 2 is 1.17 bits per heavy atom. The van der Waals surface area contributed by atoms with E-state index in [0.29, 0.717) is 19.6 Å². The van der Waals surface area contributed by atoms with E-state index < -0.39 is 11.9 Å². The standard InChI is InChI=1S/C9H16O3.C8H14O4/c1-3-4-7-12-9(11)6-5-8(2)10;1-2-3-6-12-8(11)5-4-7(9)10/h3-7H2,1-2H3;2-6H2,1H3,(H,9,10). The molecule has 0 radical (unpaired) electrons. The zero-order valence-corrected chi connectivity index (χ0v) is 15.0. The van der Waals surface area contributed by atoms with Gasteiger partial charge in [0.2, 0.25) is 0 Å². The Morgan fingerprint density at radius 1 is 0.750 bits per heavy atom. The molecule has 0 saturated carbocycles. The highest BCUT2D eigenvalue weighted by Crippen LogP contribution is 1.96. The van der Waals surface area contributed by atoms with Crippen molar-refractivity contribution in [1.29, 1.82) is 0 Å². The first-order valence-corrected chi connectivity index (χ1v) is 8.35. The number of ether oxygens (including phenoxy) is 2. The van der Waals surface area contributed by atoms with Crippen LogP contribution >= 0.6 is 0 Å². The number of rotatable bonds is 12. The van der Waals surface area contributed by atoms with E-state index in [4.69, 9.17) is 14.6 Å². The number of carboxylic acids is 1. The first-order valence-electron chi connectivity index (χ1n) is 8.35. The second-order valence-electron chi connectivity index (χ2n) is 5.24. The van der Waals surface area contributed by atoms with Gasteiger partial charge in [0.15, 0.2) is 0 Å². The summed E-state index contributed by atoms with van der Waals surface area (Å²) in [6.07, 6.45) is 4.05. The van der Waals surface area contributed by atoms with Gasteiger partial charge in [-0.15, -0.1) is 0 Å². The topological polar surface area (TPSA) is 107 Å². The van der Waals surface area contributed by atoms with Crippen LogP contribution in [-0.2, 0) is 28.7 Å². The molecule has 0 aromatic rings. The highest BCUT2D eigenvalue weighted by atomic mass is 16.5. The maximum atomic E-state index is 10.8. The molecule has 1 N–H and O–H groups in total. The van der Waals surface area contributed by atoms with Gasteiger partial charge in [0.25, 0.3) is 0 Å². The van der Waals surface area contributed by atoms with Crippen molar-refractivity contribution in [3.05, 3.63) is 0 Å². The number of carbonyl (C=O) groups excluding carboxylic acids is 3. The SMILES string of the molecule is CCCCOC(=O)CCC(=O)O.CCCCOC(=O)CCC(C)=O. The van der Waals surface area contributed by atoms with Crippen LogP contribution in [0.5, 0.6) is 0 Å². The average Bonchev–Trinajstić information content (AvgIpc) is 2.52. The Hall–Kier alpha value is -1.92. The molecule has 0 saturated heterocycles. The van der Waals surface area contributed by atoms with E-state index in [2.05, 4.69) is 0 Å². The van der Waals surface area contributed by atoms with Crippen molar-refractivity contribution < 1.29 is 33.8 Å². The third kappa shape index (κ3) is 22.4. The van der Waals surface area contributed by atoms with Crippen LogP contribution in [0.15, 0.2) is 0 Å². The lowest BCUT2D eigenvalue weighted by molar-refractivity contribution is -0.147. The molecule has 0 rings (SSSR count). The maximum Gasteiger partial charge on any atom is 0.306 e. The van der Waals surface area contributed by atoms with Gasteiger partial charge < -0.3 is 19.4 Å². The summed E-state index contributed by atoms with van der Waals surface area (Å²) in [4.78, 5) is 42.1. The quantitative estimate of drug-likeness (QED) is 0.427. The van der Waals surface area contributed by atoms with Crippen molar-refractivity contribution in [1.82, 2.24) is 0 Å². The Labute approximate surface area is 143 Å². The van der Waals surface area contributed by atoms with Gasteiger partial charge in [-0.25, -0.2) is 0 Å². The molecular formula is C17H30O7. The van der Waals surface area contributed by atoms with Crippen LogP contribution in [0.25, 0.3) is 0 Å². The number of carbonyl (C=O) groups is 4. The fourth-order valence-corrected chi connectivity index (χ4v) is 1.29. The molecule has 0 amide bonds.